The lowest BCUT2D eigenvalue weighted by molar-refractivity contribution is -0.134. The fourth-order valence-corrected chi connectivity index (χ4v) is 2.34. The lowest BCUT2D eigenvalue weighted by Gasteiger charge is -2.04. The van der Waals surface area contributed by atoms with Crippen molar-refractivity contribution < 1.29 is 21.6 Å². The van der Waals surface area contributed by atoms with Gasteiger partial charge in [0.2, 0.25) is 0 Å². The quantitative estimate of drug-likeness (QED) is 0.796. The van der Waals surface area contributed by atoms with Crippen LogP contribution in [0.1, 0.15) is 10.6 Å². The van der Waals surface area contributed by atoms with Gasteiger partial charge in [0.25, 0.3) is 0 Å². The molecule has 0 atom stereocenters. The third kappa shape index (κ3) is 2.95. The zero-order chi connectivity index (χ0) is 11.0. The Hall–Kier alpha value is -0.630. The van der Waals surface area contributed by atoms with Gasteiger partial charge in [0.15, 0.2) is 9.84 Å². The maximum absolute atomic E-state index is 12.2. The monoisotopic (exact) mass is 245 g/mol. The van der Waals surface area contributed by atoms with E-state index in [1.807, 2.05) is 0 Å². The Morgan fingerprint density at radius 3 is 2.50 bits per heavy atom. The summed E-state index contributed by atoms with van der Waals surface area (Å²) in [6.07, 6.45) is -3.66. The van der Waals surface area contributed by atoms with Crippen molar-refractivity contribution >= 4 is 21.2 Å². The van der Waals surface area contributed by atoms with Crippen LogP contribution in [0.3, 0.4) is 0 Å². The van der Waals surface area contributed by atoms with E-state index in [1.165, 1.54) is 0 Å². The second kappa shape index (κ2) is 3.50. The molecule has 8 heteroatoms. The Bertz CT molecular complexity index is 421. The molecule has 14 heavy (non-hydrogen) atoms. The molecule has 0 N–H and O–H groups in total. The molecule has 1 heterocycles. The van der Waals surface area contributed by atoms with Crippen LogP contribution in [0.4, 0.5) is 13.2 Å². The molecule has 0 saturated heterocycles. The van der Waals surface area contributed by atoms with Crippen molar-refractivity contribution in [1.82, 2.24) is 4.98 Å². The van der Waals surface area contributed by atoms with Crippen molar-refractivity contribution in [3.63, 3.8) is 0 Å². The molecule has 0 aliphatic rings. The van der Waals surface area contributed by atoms with Crippen LogP contribution in [0.2, 0.25) is 0 Å². The molecule has 80 valence electrons. The normalized spacial score (nSPS) is 13.1. The van der Waals surface area contributed by atoms with Crippen molar-refractivity contribution in [2.45, 2.75) is 11.9 Å². The average Bonchev–Trinajstić information content (AvgIpc) is 2.29. The zero-order valence-electron chi connectivity index (χ0n) is 7.00. The predicted octanol–water partition coefficient (Wildman–Crippen LogP) is 1.71. The minimum atomic E-state index is -4.53. The molecule has 3 nitrogen and oxygen atoms in total. The fourth-order valence-electron chi connectivity index (χ4n) is 0.851. The van der Waals surface area contributed by atoms with E-state index in [9.17, 15) is 21.6 Å². The van der Waals surface area contributed by atoms with Crippen LogP contribution < -0.4 is 0 Å². The largest absolute Gasteiger partial charge is 0.427 e. The highest BCUT2D eigenvalue weighted by atomic mass is 32.2. The Kier molecular flexibility index (Phi) is 2.86. The van der Waals surface area contributed by atoms with E-state index in [2.05, 4.69) is 4.98 Å². The van der Waals surface area contributed by atoms with Gasteiger partial charge < -0.3 is 0 Å². The maximum atomic E-state index is 12.2. The highest BCUT2D eigenvalue weighted by Crippen LogP contribution is 2.35. The summed E-state index contributed by atoms with van der Waals surface area (Å²) < 4.78 is 58.2. The van der Waals surface area contributed by atoms with Gasteiger partial charge in [-0.15, -0.1) is 11.3 Å². The highest BCUT2D eigenvalue weighted by molar-refractivity contribution is 7.89. The van der Waals surface area contributed by atoms with Crippen molar-refractivity contribution in [3.05, 3.63) is 16.1 Å². The number of hydrogen-bond donors (Lipinski definition) is 0. The van der Waals surface area contributed by atoms with Gasteiger partial charge in [-0.3, -0.25) is 0 Å². The zero-order valence-corrected chi connectivity index (χ0v) is 8.63. The molecule has 1 rings (SSSR count). The van der Waals surface area contributed by atoms with Crippen molar-refractivity contribution in [2.24, 2.45) is 0 Å². The molecule has 0 aromatic carbocycles. The van der Waals surface area contributed by atoms with Crippen molar-refractivity contribution in [2.75, 3.05) is 6.26 Å². The predicted molar refractivity (Wildman–Crippen MR) is 45.7 cm³/mol. The van der Waals surface area contributed by atoms with Gasteiger partial charge >= 0.3 is 6.18 Å². The van der Waals surface area contributed by atoms with Crippen molar-refractivity contribution in [1.29, 1.82) is 0 Å². The number of thiazole rings is 1. The van der Waals surface area contributed by atoms with Gasteiger partial charge in [-0.05, 0) is 0 Å². The van der Waals surface area contributed by atoms with Crippen LogP contribution in [0.25, 0.3) is 0 Å². The van der Waals surface area contributed by atoms with Gasteiger partial charge in [0.1, 0.15) is 4.88 Å². The topological polar surface area (TPSA) is 47.0 Å². The molecular weight excluding hydrogens is 239 g/mol. The Morgan fingerprint density at radius 2 is 2.07 bits per heavy atom. The molecule has 1 aromatic rings. The molecule has 0 bridgehead atoms. The van der Waals surface area contributed by atoms with E-state index in [0.717, 1.165) is 11.8 Å². The van der Waals surface area contributed by atoms with E-state index >= 15 is 0 Å². The van der Waals surface area contributed by atoms with Crippen LogP contribution >= 0.6 is 11.3 Å². The first-order valence-electron chi connectivity index (χ1n) is 3.37. The van der Waals surface area contributed by atoms with Crippen molar-refractivity contribution in [3.8, 4) is 0 Å². The number of aromatic nitrogens is 1. The van der Waals surface area contributed by atoms with Crippen LogP contribution in [0.5, 0.6) is 0 Å². The van der Waals surface area contributed by atoms with E-state index in [-0.39, 0.29) is 0 Å². The number of halogens is 3. The standard InChI is InChI=1S/C6H6F3NO2S2/c1-14(11,12)2-4-5(6(7,8)9)13-3-10-4/h3H,2H2,1H3. The number of sulfone groups is 1. The lowest BCUT2D eigenvalue weighted by Crippen LogP contribution is -2.09. The molecule has 0 aliphatic heterocycles. The number of hydrogen-bond acceptors (Lipinski definition) is 4. The summed E-state index contributed by atoms with van der Waals surface area (Å²) in [6, 6.07) is 0. The summed E-state index contributed by atoms with van der Waals surface area (Å²) in [5.41, 5.74) is 0.563. The maximum Gasteiger partial charge on any atom is 0.427 e. The number of alkyl halides is 3. The summed E-state index contributed by atoms with van der Waals surface area (Å²) in [4.78, 5) is 2.45. The molecule has 0 spiro atoms. The Balaban J connectivity index is 3.06. The summed E-state index contributed by atoms with van der Waals surface area (Å²) in [5, 5.41) is 0. The minimum absolute atomic E-state index is 0.397. The van der Waals surface area contributed by atoms with Gasteiger partial charge in [0.05, 0.1) is 17.0 Å². The second-order valence-electron chi connectivity index (χ2n) is 2.70. The average molecular weight is 245 g/mol. The van der Waals surface area contributed by atoms with Crippen LogP contribution in [-0.2, 0) is 21.8 Å². The van der Waals surface area contributed by atoms with E-state index in [0.29, 0.717) is 11.3 Å². The second-order valence-corrected chi connectivity index (χ2v) is 5.69. The van der Waals surface area contributed by atoms with Gasteiger partial charge in [0, 0.05) is 6.26 Å². The van der Waals surface area contributed by atoms with E-state index < -0.39 is 32.3 Å². The first-order valence-corrected chi connectivity index (χ1v) is 6.31. The molecule has 0 amide bonds. The molecule has 0 fully saturated rings. The third-order valence-electron chi connectivity index (χ3n) is 1.30. The molecule has 0 aliphatic carbocycles. The summed E-state index contributed by atoms with van der Waals surface area (Å²) in [7, 11) is -3.49. The van der Waals surface area contributed by atoms with E-state index in [1.54, 1.807) is 0 Å². The van der Waals surface area contributed by atoms with Crippen LogP contribution in [0.15, 0.2) is 5.51 Å². The number of nitrogens with zero attached hydrogens (tertiary/aromatic N) is 1. The first kappa shape index (κ1) is 11.4. The summed E-state index contributed by atoms with van der Waals surface area (Å²) in [6.45, 7) is 0. The smallest absolute Gasteiger partial charge is 0.248 e. The SMILES string of the molecule is CS(=O)(=O)Cc1ncsc1C(F)(F)F. The van der Waals surface area contributed by atoms with E-state index in [4.69, 9.17) is 0 Å². The lowest BCUT2D eigenvalue weighted by atomic mass is 10.4. The van der Waals surface area contributed by atoms with Gasteiger partial charge in [-0.1, -0.05) is 0 Å². The summed E-state index contributed by atoms with van der Waals surface area (Å²) in [5.74, 6) is -0.675. The fraction of sp³-hybridized carbons (Fsp3) is 0.500. The van der Waals surface area contributed by atoms with Crippen LogP contribution in [-0.4, -0.2) is 19.7 Å². The van der Waals surface area contributed by atoms with Gasteiger partial charge in [-0.2, -0.15) is 13.2 Å². The van der Waals surface area contributed by atoms with Gasteiger partial charge in [-0.25, -0.2) is 13.4 Å². The number of rotatable bonds is 2. The molecular formula is C6H6F3NO2S2. The third-order valence-corrected chi connectivity index (χ3v) is 3.01. The van der Waals surface area contributed by atoms with Crippen LogP contribution in [0, 0.1) is 0 Å². The highest BCUT2D eigenvalue weighted by Gasteiger charge is 2.36. The Labute approximate surface area is 82.5 Å². The minimum Gasteiger partial charge on any atom is -0.248 e. The molecule has 1 aromatic heterocycles. The Morgan fingerprint density at radius 1 is 1.50 bits per heavy atom. The summed E-state index contributed by atoms with van der Waals surface area (Å²) >= 11 is 0.397. The molecule has 0 unspecified atom stereocenters. The molecule has 0 radical (unpaired) electrons. The molecule has 0 saturated carbocycles. The first-order chi connectivity index (χ1) is 6.20.